The molecule has 1 aromatic heterocycles. The lowest BCUT2D eigenvalue weighted by Gasteiger charge is -2.01. The molecule has 0 fully saturated rings. The number of amides is 1. The zero-order chi connectivity index (χ0) is 23.9. The van der Waals surface area contributed by atoms with Crippen molar-refractivity contribution in [2.75, 3.05) is 12.5 Å². The van der Waals surface area contributed by atoms with Crippen molar-refractivity contribution >= 4 is 32.1 Å². The highest BCUT2D eigenvalue weighted by atomic mass is 32.2. The summed E-state index contributed by atoms with van der Waals surface area (Å²) in [4.78, 5) is 18.3. The number of aromatic amines is 1. The number of hydrogen-bond donors (Lipinski definition) is 6. The van der Waals surface area contributed by atoms with Gasteiger partial charge in [0.05, 0.1) is 23.8 Å². The van der Waals surface area contributed by atoms with Crippen LogP contribution in [0.15, 0.2) is 18.2 Å². The Morgan fingerprint density at radius 3 is 2.07 bits per heavy atom. The summed E-state index contributed by atoms with van der Waals surface area (Å²) in [5.41, 5.74) is 5.27. The van der Waals surface area contributed by atoms with Crippen LogP contribution in [0.3, 0.4) is 0 Å². The highest BCUT2D eigenvalue weighted by molar-refractivity contribution is 7.85. The van der Waals surface area contributed by atoms with Crippen LogP contribution in [-0.4, -0.2) is 60.3 Å². The van der Waals surface area contributed by atoms with Crippen LogP contribution in [-0.2, 0) is 20.2 Å². The first-order valence-electron chi connectivity index (χ1n) is 7.40. The smallest absolute Gasteiger partial charge is 0.276 e. The van der Waals surface area contributed by atoms with Crippen LogP contribution >= 0.6 is 0 Å². The van der Waals surface area contributed by atoms with Gasteiger partial charge < -0.3 is 10.7 Å². The van der Waals surface area contributed by atoms with Gasteiger partial charge in [-0.2, -0.15) is 16.8 Å². The first-order chi connectivity index (χ1) is 13.4. The molecule has 0 aliphatic rings. The van der Waals surface area contributed by atoms with Crippen LogP contribution in [0.25, 0.3) is 11.4 Å². The second-order valence-electron chi connectivity index (χ2n) is 5.50. The minimum absolute atomic E-state index is 0.0215. The molecule has 0 radical (unpaired) electrons. The van der Waals surface area contributed by atoms with Gasteiger partial charge in [0.2, 0.25) is 0 Å². The van der Waals surface area contributed by atoms with Gasteiger partial charge >= 0.3 is 0 Å². The molecule has 1 heterocycles. The van der Waals surface area contributed by atoms with Crippen molar-refractivity contribution in [2.24, 2.45) is 5.73 Å². The number of imidazole rings is 1. The molecular weight excluding hydrogens is 452 g/mol. The van der Waals surface area contributed by atoms with Crippen LogP contribution in [0.1, 0.15) is 16.2 Å². The number of carbonyl (C=O) groups is 1. The number of aryl methyl sites for hydroxylation is 1. The van der Waals surface area contributed by atoms with E-state index in [2.05, 4.69) is 15.3 Å². The molecule has 0 saturated heterocycles. The fourth-order valence-electron chi connectivity index (χ4n) is 1.67. The minimum Gasteiger partial charge on any atom is -0.370 e. The molecule has 0 aliphatic carbocycles. The van der Waals surface area contributed by atoms with Crippen molar-refractivity contribution in [2.45, 2.75) is 6.92 Å². The summed E-state index contributed by atoms with van der Waals surface area (Å²) in [7, 11) is -7.33. The summed E-state index contributed by atoms with van der Waals surface area (Å²) in [6, 6.07) is 2.93. The standard InChI is InChI=1S/C12H11F2N5O.2CH4O3S/c1-5-9(11(20)19-12(15)16)18-10(17-5)7-4-6(13)2-3-8(7)14;2*1-5(2,3)4/h2-4H,1H3,(H,17,18)(H4,15,16,19,20);2*1H3,(H,2,3,4). The van der Waals surface area contributed by atoms with E-state index in [1.165, 1.54) is 6.92 Å². The normalized spacial score (nSPS) is 10.8. The lowest BCUT2D eigenvalue weighted by Crippen LogP contribution is -2.36. The molecule has 168 valence electrons. The molecule has 0 spiro atoms. The maximum Gasteiger partial charge on any atom is 0.276 e. The first-order valence-corrected chi connectivity index (χ1v) is 11.1. The lowest BCUT2D eigenvalue weighted by atomic mass is 10.2. The van der Waals surface area contributed by atoms with Crippen molar-refractivity contribution in [3.8, 4) is 11.4 Å². The van der Waals surface area contributed by atoms with Crippen LogP contribution in [0.5, 0.6) is 0 Å². The molecule has 0 atom stereocenters. The molecule has 0 unspecified atom stereocenters. The number of hydrogen-bond acceptors (Lipinski definition) is 7. The van der Waals surface area contributed by atoms with Crippen molar-refractivity contribution < 1.29 is 39.5 Å². The van der Waals surface area contributed by atoms with Crippen molar-refractivity contribution in [1.29, 1.82) is 5.41 Å². The molecule has 2 rings (SSSR count). The molecule has 30 heavy (non-hydrogen) atoms. The maximum atomic E-state index is 13.6. The van der Waals surface area contributed by atoms with Gasteiger partial charge in [0.15, 0.2) is 5.96 Å². The summed E-state index contributed by atoms with van der Waals surface area (Å²) in [6.07, 6.45) is 1.43. The number of H-pyrrole nitrogens is 1. The van der Waals surface area contributed by atoms with E-state index >= 15 is 0 Å². The second-order valence-corrected chi connectivity index (χ2v) is 8.44. The minimum atomic E-state index is -3.67. The quantitative estimate of drug-likeness (QED) is 0.201. The number of nitrogens with one attached hydrogen (secondary N) is 3. The van der Waals surface area contributed by atoms with E-state index in [0.717, 1.165) is 18.2 Å². The molecule has 12 nitrogen and oxygen atoms in total. The number of halogens is 2. The van der Waals surface area contributed by atoms with E-state index in [1.54, 1.807) is 0 Å². The Morgan fingerprint density at radius 2 is 1.63 bits per heavy atom. The van der Waals surface area contributed by atoms with Crippen LogP contribution in [0, 0.1) is 24.0 Å². The van der Waals surface area contributed by atoms with Crippen LogP contribution in [0.2, 0.25) is 0 Å². The highest BCUT2D eigenvalue weighted by Gasteiger charge is 2.17. The van der Waals surface area contributed by atoms with Crippen LogP contribution < -0.4 is 11.1 Å². The number of nitrogens with zero attached hydrogens (tertiary/aromatic N) is 1. The largest absolute Gasteiger partial charge is 0.370 e. The summed E-state index contributed by atoms with van der Waals surface area (Å²) in [5.74, 6) is -2.47. The Balaban J connectivity index is 0.000000702. The van der Waals surface area contributed by atoms with E-state index in [4.69, 9.17) is 20.2 Å². The van der Waals surface area contributed by atoms with Gasteiger partial charge in [-0.3, -0.25) is 24.6 Å². The Hall–Kier alpha value is -2.95. The number of aromatic nitrogens is 2. The molecule has 1 amide bonds. The fourth-order valence-corrected chi connectivity index (χ4v) is 1.67. The fraction of sp³-hybridized carbons (Fsp3) is 0.214. The zero-order valence-corrected chi connectivity index (χ0v) is 17.4. The Morgan fingerprint density at radius 1 is 1.17 bits per heavy atom. The topological polar surface area (TPSA) is 216 Å². The van der Waals surface area contributed by atoms with E-state index in [0.29, 0.717) is 12.5 Å². The van der Waals surface area contributed by atoms with E-state index < -0.39 is 43.7 Å². The van der Waals surface area contributed by atoms with Crippen molar-refractivity contribution in [3.05, 3.63) is 41.2 Å². The first kappa shape index (κ1) is 27.0. The van der Waals surface area contributed by atoms with Gasteiger partial charge in [0.1, 0.15) is 23.2 Å². The van der Waals surface area contributed by atoms with E-state index in [-0.39, 0.29) is 22.8 Å². The van der Waals surface area contributed by atoms with Gasteiger partial charge in [-0.25, -0.2) is 13.8 Å². The average Bonchev–Trinajstić information content (AvgIpc) is 2.87. The molecular formula is C14H19F2N5O7S2. The van der Waals surface area contributed by atoms with E-state index in [1.807, 2.05) is 0 Å². The van der Waals surface area contributed by atoms with Gasteiger partial charge in [-0.15, -0.1) is 0 Å². The molecule has 0 aliphatic heterocycles. The number of nitrogens with two attached hydrogens (primary N) is 1. The number of carbonyl (C=O) groups excluding carboxylic acids is 1. The predicted molar refractivity (Wildman–Crippen MR) is 103 cm³/mol. The molecule has 7 N–H and O–H groups in total. The third-order valence-corrected chi connectivity index (χ3v) is 2.54. The maximum absolute atomic E-state index is 13.6. The summed E-state index contributed by atoms with van der Waals surface area (Å²) >= 11 is 0. The average molecular weight is 471 g/mol. The van der Waals surface area contributed by atoms with Gasteiger partial charge in [0.25, 0.3) is 26.1 Å². The Labute approximate surface area is 170 Å². The lowest BCUT2D eigenvalue weighted by molar-refractivity contribution is 0.0971. The monoisotopic (exact) mass is 471 g/mol. The van der Waals surface area contributed by atoms with Crippen LogP contribution in [0.4, 0.5) is 8.78 Å². The molecule has 1 aromatic carbocycles. The van der Waals surface area contributed by atoms with Crippen molar-refractivity contribution in [3.63, 3.8) is 0 Å². The molecule has 0 bridgehead atoms. The van der Waals surface area contributed by atoms with Gasteiger partial charge in [-0.1, -0.05) is 0 Å². The predicted octanol–water partition coefficient (Wildman–Crippen LogP) is 0.295. The molecule has 0 saturated carbocycles. The SMILES string of the molecule is CS(=O)(=O)O.CS(=O)(=O)O.Cc1nc(-c2cc(F)ccc2F)[nH]c1C(=O)NC(=N)N. The Bertz CT molecular complexity index is 1090. The van der Waals surface area contributed by atoms with Crippen molar-refractivity contribution in [1.82, 2.24) is 15.3 Å². The third kappa shape index (κ3) is 12.5. The highest BCUT2D eigenvalue weighted by Crippen LogP contribution is 2.22. The van der Waals surface area contributed by atoms with Gasteiger partial charge in [-0.05, 0) is 25.1 Å². The summed E-state index contributed by atoms with van der Waals surface area (Å²) in [5, 5.41) is 9.05. The summed E-state index contributed by atoms with van der Waals surface area (Å²) in [6.45, 7) is 1.52. The second kappa shape index (κ2) is 10.7. The third-order valence-electron chi connectivity index (χ3n) is 2.54. The van der Waals surface area contributed by atoms with Gasteiger partial charge in [0, 0.05) is 0 Å². The zero-order valence-electron chi connectivity index (χ0n) is 15.8. The summed E-state index contributed by atoms with van der Waals surface area (Å²) < 4.78 is 78.5. The van der Waals surface area contributed by atoms with E-state index in [9.17, 15) is 30.4 Å². The molecule has 16 heteroatoms. The number of benzene rings is 1. The number of guanidine groups is 1. The number of rotatable bonds is 2. The molecule has 2 aromatic rings. The Kier molecular flexibility index (Phi) is 9.67.